The maximum absolute atomic E-state index is 11.4. The lowest BCUT2D eigenvalue weighted by Gasteiger charge is -2.06. The summed E-state index contributed by atoms with van der Waals surface area (Å²) in [6, 6.07) is 5.32. The number of benzene rings is 1. The van der Waals surface area contributed by atoms with E-state index in [1.54, 1.807) is 31.0 Å². The standard InChI is InChI=1S/C11H15NO3S/c1-14-5-6-16-8-3-4-10(12)9(7-8)11(13)15-2/h3-4,7H,5-6,12H2,1-2H3. The summed E-state index contributed by atoms with van der Waals surface area (Å²) in [5.74, 6) is 0.424. The predicted molar refractivity (Wildman–Crippen MR) is 64.8 cm³/mol. The molecule has 88 valence electrons. The van der Waals surface area contributed by atoms with Gasteiger partial charge in [-0.2, -0.15) is 0 Å². The molecule has 0 spiro atoms. The quantitative estimate of drug-likeness (QED) is 0.368. The van der Waals surface area contributed by atoms with Crippen molar-refractivity contribution >= 4 is 23.4 Å². The fourth-order valence-electron chi connectivity index (χ4n) is 1.15. The Morgan fingerprint density at radius 1 is 1.44 bits per heavy atom. The van der Waals surface area contributed by atoms with E-state index in [9.17, 15) is 4.79 Å². The smallest absolute Gasteiger partial charge is 0.339 e. The second-order valence-electron chi connectivity index (χ2n) is 3.08. The first-order chi connectivity index (χ1) is 7.69. The number of hydrogen-bond donors (Lipinski definition) is 1. The average Bonchev–Trinajstić information content (AvgIpc) is 2.30. The van der Waals surface area contributed by atoms with Gasteiger partial charge in [-0.05, 0) is 18.2 Å². The van der Waals surface area contributed by atoms with E-state index in [1.807, 2.05) is 6.07 Å². The van der Waals surface area contributed by atoms with E-state index in [-0.39, 0.29) is 0 Å². The zero-order chi connectivity index (χ0) is 12.0. The minimum Gasteiger partial charge on any atom is -0.465 e. The highest BCUT2D eigenvalue weighted by Crippen LogP contribution is 2.23. The molecule has 0 aliphatic heterocycles. The summed E-state index contributed by atoms with van der Waals surface area (Å²) in [4.78, 5) is 12.4. The molecule has 2 N–H and O–H groups in total. The van der Waals surface area contributed by atoms with Gasteiger partial charge in [0.2, 0.25) is 0 Å². The Morgan fingerprint density at radius 2 is 2.19 bits per heavy atom. The number of esters is 1. The summed E-state index contributed by atoms with van der Waals surface area (Å²) >= 11 is 1.61. The Kier molecular flexibility index (Phi) is 5.14. The number of thioether (sulfide) groups is 1. The van der Waals surface area contributed by atoms with Crippen LogP contribution in [0.4, 0.5) is 5.69 Å². The highest BCUT2D eigenvalue weighted by Gasteiger charge is 2.10. The Bertz CT molecular complexity index is 368. The number of rotatable bonds is 5. The van der Waals surface area contributed by atoms with E-state index in [2.05, 4.69) is 4.74 Å². The van der Waals surface area contributed by atoms with Gasteiger partial charge in [0.15, 0.2) is 0 Å². The van der Waals surface area contributed by atoms with Crippen molar-refractivity contribution in [2.45, 2.75) is 4.90 Å². The fourth-order valence-corrected chi connectivity index (χ4v) is 2.01. The molecule has 0 aliphatic rings. The van der Waals surface area contributed by atoms with Crippen molar-refractivity contribution in [1.82, 2.24) is 0 Å². The Balaban J connectivity index is 2.77. The number of ether oxygens (including phenoxy) is 2. The third kappa shape index (κ3) is 3.43. The number of nitrogen functional groups attached to an aromatic ring is 1. The topological polar surface area (TPSA) is 61.5 Å². The van der Waals surface area contributed by atoms with Crippen LogP contribution in [0.25, 0.3) is 0 Å². The molecule has 5 heteroatoms. The lowest BCUT2D eigenvalue weighted by atomic mass is 10.2. The summed E-state index contributed by atoms with van der Waals surface area (Å²) in [6.07, 6.45) is 0. The van der Waals surface area contributed by atoms with Crippen molar-refractivity contribution in [3.8, 4) is 0 Å². The van der Waals surface area contributed by atoms with Gasteiger partial charge in [0.1, 0.15) is 0 Å². The van der Waals surface area contributed by atoms with E-state index >= 15 is 0 Å². The summed E-state index contributed by atoms with van der Waals surface area (Å²) in [6.45, 7) is 0.669. The van der Waals surface area contributed by atoms with Gasteiger partial charge in [-0.25, -0.2) is 4.79 Å². The molecule has 0 heterocycles. The largest absolute Gasteiger partial charge is 0.465 e. The summed E-state index contributed by atoms with van der Waals surface area (Å²) < 4.78 is 9.59. The van der Waals surface area contributed by atoms with Gasteiger partial charge >= 0.3 is 5.97 Å². The third-order valence-electron chi connectivity index (χ3n) is 1.99. The SMILES string of the molecule is COCCSc1ccc(N)c(C(=O)OC)c1. The van der Waals surface area contributed by atoms with Crippen molar-refractivity contribution in [1.29, 1.82) is 0 Å². The van der Waals surface area contributed by atoms with E-state index in [0.29, 0.717) is 17.9 Å². The van der Waals surface area contributed by atoms with Gasteiger partial charge in [0, 0.05) is 23.4 Å². The monoisotopic (exact) mass is 241 g/mol. The number of anilines is 1. The third-order valence-corrected chi connectivity index (χ3v) is 2.94. The number of nitrogens with two attached hydrogens (primary N) is 1. The second kappa shape index (κ2) is 6.40. The molecule has 0 aliphatic carbocycles. The molecule has 0 bridgehead atoms. The van der Waals surface area contributed by atoms with Gasteiger partial charge in [-0.15, -0.1) is 11.8 Å². The zero-order valence-electron chi connectivity index (χ0n) is 9.36. The molecule has 16 heavy (non-hydrogen) atoms. The van der Waals surface area contributed by atoms with Gasteiger partial charge < -0.3 is 15.2 Å². The van der Waals surface area contributed by atoms with E-state index in [1.165, 1.54) is 7.11 Å². The van der Waals surface area contributed by atoms with E-state index < -0.39 is 5.97 Å². The van der Waals surface area contributed by atoms with Gasteiger partial charge in [-0.1, -0.05) is 0 Å². The Hall–Kier alpha value is -1.20. The summed E-state index contributed by atoms with van der Waals surface area (Å²) in [5.41, 5.74) is 6.53. The van der Waals surface area contributed by atoms with Crippen molar-refractivity contribution in [2.75, 3.05) is 32.3 Å². The molecule has 0 amide bonds. The van der Waals surface area contributed by atoms with Crippen molar-refractivity contribution in [2.24, 2.45) is 0 Å². The summed E-state index contributed by atoms with van der Waals surface area (Å²) in [5, 5.41) is 0. The van der Waals surface area contributed by atoms with Gasteiger partial charge in [-0.3, -0.25) is 0 Å². The number of carbonyl (C=O) groups is 1. The van der Waals surface area contributed by atoms with Crippen LogP contribution in [-0.2, 0) is 9.47 Å². The van der Waals surface area contributed by atoms with Crippen LogP contribution in [0, 0.1) is 0 Å². The minimum atomic E-state index is -0.410. The minimum absolute atomic E-state index is 0.407. The number of methoxy groups -OCH3 is 2. The molecule has 0 unspecified atom stereocenters. The molecule has 4 nitrogen and oxygen atoms in total. The molecule has 1 rings (SSSR count). The lowest BCUT2D eigenvalue weighted by molar-refractivity contribution is 0.0601. The van der Waals surface area contributed by atoms with Gasteiger partial charge in [0.25, 0.3) is 0 Å². The number of carbonyl (C=O) groups excluding carboxylic acids is 1. The van der Waals surface area contributed by atoms with E-state index in [4.69, 9.17) is 10.5 Å². The van der Waals surface area contributed by atoms with Crippen LogP contribution >= 0.6 is 11.8 Å². The Morgan fingerprint density at radius 3 is 2.81 bits per heavy atom. The van der Waals surface area contributed by atoms with Crippen molar-refractivity contribution < 1.29 is 14.3 Å². The van der Waals surface area contributed by atoms with Crippen LogP contribution in [0.2, 0.25) is 0 Å². The Labute approximate surface area is 99.1 Å². The van der Waals surface area contributed by atoms with Crippen molar-refractivity contribution in [3.63, 3.8) is 0 Å². The average molecular weight is 241 g/mol. The van der Waals surface area contributed by atoms with Crippen LogP contribution in [0.5, 0.6) is 0 Å². The molecule has 0 atom stereocenters. The maximum Gasteiger partial charge on any atom is 0.339 e. The molecule has 0 aromatic heterocycles. The molecule has 0 radical (unpaired) electrons. The summed E-state index contributed by atoms with van der Waals surface area (Å²) in [7, 11) is 3.00. The molecular weight excluding hydrogens is 226 g/mol. The molecule has 0 saturated carbocycles. The first-order valence-corrected chi connectivity index (χ1v) is 5.77. The number of hydrogen-bond acceptors (Lipinski definition) is 5. The fraction of sp³-hybridized carbons (Fsp3) is 0.364. The normalized spacial score (nSPS) is 10.1. The van der Waals surface area contributed by atoms with Gasteiger partial charge in [0.05, 0.1) is 19.3 Å². The second-order valence-corrected chi connectivity index (χ2v) is 4.25. The highest BCUT2D eigenvalue weighted by atomic mass is 32.2. The molecule has 0 saturated heterocycles. The van der Waals surface area contributed by atoms with Crippen molar-refractivity contribution in [3.05, 3.63) is 23.8 Å². The maximum atomic E-state index is 11.4. The van der Waals surface area contributed by atoms with Crippen LogP contribution in [0.1, 0.15) is 10.4 Å². The highest BCUT2D eigenvalue weighted by molar-refractivity contribution is 7.99. The van der Waals surface area contributed by atoms with Crippen LogP contribution in [0.15, 0.2) is 23.1 Å². The molecular formula is C11H15NO3S. The van der Waals surface area contributed by atoms with Crippen LogP contribution in [-0.4, -0.2) is 32.5 Å². The molecule has 1 aromatic rings. The molecule has 0 fully saturated rings. The predicted octanol–water partition coefficient (Wildman–Crippen LogP) is 1.79. The first-order valence-electron chi connectivity index (χ1n) is 4.78. The molecule has 1 aromatic carbocycles. The first kappa shape index (κ1) is 12.9. The van der Waals surface area contributed by atoms with Crippen LogP contribution in [0.3, 0.4) is 0 Å². The lowest BCUT2D eigenvalue weighted by Crippen LogP contribution is -2.05. The van der Waals surface area contributed by atoms with E-state index in [0.717, 1.165) is 10.6 Å². The zero-order valence-corrected chi connectivity index (χ0v) is 10.2. The van der Waals surface area contributed by atoms with Crippen LogP contribution < -0.4 is 5.73 Å².